The molecule has 2 rings (SSSR count). The summed E-state index contributed by atoms with van der Waals surface area (Å²) in [5, 5.41) is 11.9. The second-order valence-corrected chi connectivity index (χ2v) is 5.40. The van der Waals surface area contributed by atoms with E-state index in [0.29, 0.717) is 31.2 Å². The van der Waals surface area contributed by atoms with Crippen molar-refractivity contribution in [3.63, 3.8) is 0 Å². The van der Waals surface area contributed by atoms with E-state index in [4.69, 9.17) is 16.7 Å². The van der Waals surface area contributed by atoms with Crippen molar-refractivity contribution in [1.82, 2.24) is 10.2 Å². The third-order valence-electron chi connectivity index (χ3n) is 3.45. The minimum atomic E-state index is -1.04. The zero-order valence-corrected chi connectivity index (χ0v) is 12.5. The van der Waals surface area contributed by atoms with Crippen LogP contribution in [0.2, 0.25) is 5.02 Å². The van der Waals surface area contributed by atoms with Crippen LogP contribution in [0.3, 0.4) is 0 Å². The molecule has 7 heteroatoms. The molecule has 1 saturated heterocycles. The Morgan fingerprint density at radius 2 is 1.95 bits per heavy atom. The highest BCUT2D eigenvalue weighted by molar-refractivity contribution is 6.30. The second kappa shape index (κ2) is 6.67. The standard InChI is InChI=1S/C14H18ClN3O3/c1-10(13(19)20)16-14(21)18-7-5-17(6-8-18)12-4-2-3-11(15)9-12/h2-4,9-10H,5-8H2,1H3,(H,16,21)(H,19,20). The lowest BCUT2D eigenvalue weighted by Crippen LogP contribution is -2.54. The van der Waals surface area contributed by atoms with E-state index in [1.807, 2.05) is 24.3 Å². The van der Waals surface area contributed by atoms with Crippen LogP contribution in [-0.4, -0.2) is 54.2 Å². The van der Waals surface area contributed by atoms with Gasteiger partial charge in [0.25, 0.3) is 0 Å². The van der Waals surface area contributed by atoms with Crippen molar-refractivity contribution in [2.75, 3.05) is 31.1 Å². The summed E-state index contributed by atoms with van der Waals surface area (Å²) in [4.78, 5) is 26.4. The number of halogens is 1. The second-order valence-electron chi connectivity index (χ2n) is 4.96. The predicted molar refractivity (Wildman–Crippen MR) is 80.9 cm³/mol. The first-order chi connectivity index (χ1) is 9.97. The highest BCUT2D eigenvalue weighted by atomic mass is 35.5. The van der Waals surface area contributed by atoms with Gasteiger partial charge in [0.1, 0.15) is 6.04 Å². The average Bonchev–Trinajstić information content (AvgIpc) is 2.47. The van der Waals surface area contributed by atoms with Crippen LogP contribution in [-0.2, 0) is 4.79 Å². The topological polar surface area (TPSA) is 72.9 Å². The van der Waals surface area contributed by atoms with Crippen LogP contribution in [0, 0.1) is 0 Å². The number of piperazine rings is 1. The zero-order chi connectivity index (χ0) is 15.4. The highest BCUT2D eigenvalue weighted by Crippen LogP contribution is 2.20. The Labute approximate surface area is 128 Å². The molecule has 0 spiro atoms. The number of benzene rings is 1. The maximum absolute atomic E-state index is 11.9. The van der Waals surface area contributed by atoms with Crippen molar-refractivity contribution >= 4 is 29.3 Å². The summed E-state index contributed by atoms with van der Waals surface area (Å²) in [6.45, 7) is 3.92. The van der Waals surface area contributed by atoms with Crippen molar-refractivity contribution in [3.8, 4) is 0 Å². The molecule has 1 aromatic carbocycles. The Morgan fingerprint density at radius 1 is 1.29 bits per heavy atom. The van der Waals surface area contributed by atoms with Gasteiger partial charge in [0.2, 0.25) is 0 Å². The van der Waals surface area contributed by atoms with Gasteiger partial charge in [-0.2, -0.15) is 0 Å². The molecule has 2 N–H and O–H groups in total. The molecule has 0 radical (unpaired) electrons. The number of carbonyl (C=O) groups excluding carboxylic acids is 1. The molecule has 2 amide bonds. The average molecular weight is 312 g/mol. The van der Waals surface area contributed by atoms with E-state index >= 15 is 0 Å². The fourth-order valence-electron chi connectivity index (χ4n) is 2.18. The van der Waals surface area contributed by atoms with Crippen molar-refractivity contribution < 1.29 is 14.7 Å². The number of carboxylic acids is 1. The van der Waals surface area contributed by atoms with Gasteiger partial charge in [-0.05, 0) is 25.1 Å². The molecule has 1 atom stereocenters. The lowest BCUT2D eigenvalue weighted by Gasteiger charge is -2.36. The first-order valence-corrected chi connectivity index (χ1v) is 7.14. The summed E-state index contributed by atoms with van der Waals surface area (Å²) in [5.41, 5.74) is 1.03. The van der Waals surface area contributed by atoms with E-state index in [1.54, 1.807) is 4.90 Å². The summed E-state index contributed by atoms with van der Waals surface area (Å²) < 4.78 is 0. The van der Waals surface area contributed by atoms with Crippen LogP contribution in [0.15, 0.2) is 24.3 Å². The van der Waals surface area contributed by atoms with Crippen LogP contribution in [0.5, 0.6) is 0 Å². The zero-order valence-electron chi connectivity index (χ0n) is 11.8. The normalized spacial score (nSPS) is 16.5. The largest absolute Gasteiger partial charge is 0.480 e. The molecule has 1 heterocycles. The predicted octanol–water partition coefficient (Wildman–Crippen LogP) is 1.64. The number of nitrogens with zero attached hydrogens (tertiary/aromatic N) is 2. The summed E-state index contributed by atoms with van der Waals surface area (Å²) in [7, 11) is 0. The number of nitrogens with one attached hydrogen (secondary N) is 1. The number of hydrogen-bond donors (Lipinski definition) is 2. The van der Waals surface area contributed by atoms with Crippen molar-refractivity contribution in [1.29, 1.82) is 0 Å². The lowest BCUT2D eigenvalue weighted by molar-refractivity contribution is -0.138. The van der Waals surface area contributed by atoms with E-state index < -0.39 is 12.0 Å². The van der Waals surface area contributed by atoms with E-state index in [1.165, 1.54) is 6.92 Å². The number of anilines is 1. The molecule has 1 aliphatic heterocycles. The number of carbonyl (C=O) groups is 2. The minimum Gasteiger partial charge on any atom is -0.480 e. The van der Waals surface area contributed by atoms with Gasteiger partial charge in [-0.15, -0.1) is 0 Å². The SMILES string of the molecule is CC(NC(=O)N1CCN(c2cccc(Cl)c2)CC1)C(=O)O. The van der Waals surface area contributed by atoms with E-state index in [0.717, 1.165) is 5.69 Å². The number of hydrogen-bond acceptors (Lipinski definition) is 3. The number of urea groups is 1. The van der Waals surface area contributed by atoms with Crippen LogP contribution >= 0.6 is 11.6 Å². The maximum atomic E-state index is 11.9. The molecule has 1 fully saturated rings. The summed E-state index contributed by atoms with van der Waals surface area (Å²) in [6.07, 6.45) is 0. The number of aliphatic carboxylic acids is 1. The molecule has 1 unspecified atom stereocenters. The number of rotatable bonds is 3. The molecule has 0 saturated carbocycles. The van der Waals surface area contributed by atoms with Gasteiger partial charge in [-0.1, -0.05) is 17.7 Å². The Morgan fingerprint density at radius 3 is 2.52 bits per heavy atom. The summed E-state index contributed by atoms with van der Waals surface area (Å²) in [6, 6.07) is 6.37. The molecule has 0 aromatic heterocycles. The van der Waals surface area contributed by atoms with Crippen LogP contribution in [0.1, 0.15) is 6.92 Å². The van der Waals surface area contributed by atoms with Crippen LogP contribution in [0.4, 0.5) is 10.5 Å². The Hall–Kier alpha value is -1.95. The molecule has 0 aliphatic carbocycles. The number of amides is 2. The van der Waals surface area contributed by atoms with Gasteiger partial charge >= 0.3 is 12.0 Å². The summed E-state index contributed by atoms with van der Waals surface area (Å²) in [5.74, 6) is -1.04. The van der Waals surface area contributed by atoms with Crippen molar-refractivity contribution in [2.24, 2.45) is 0 Å². The van der Waals surface area contributed by atoms with Crippen LogP contribution in [0.25, 0.3) is 0 Å². The third kappa shape index (κ3) is 4.01. The Bertz CT molecular complexity index is 530. The van der Waals surface area contributed by atoms with Crippen LogP contribution < -0.4 is 10.2 Å². The Balaban J connectivity index is 1.88. The van der Waals surface area contributed by atoms with E-state index in [2.05, 4.69) is 10.2 Å². The smallest absolute Gasteiger partial charge is 0.325 e. The minimum absolute atomic E-state index is 0.337. The molecule has 6 nitrogen and oxygen atoms in total. The molecule has 0 bridgehead atoms. The van der Waals surface area contributed by atoms with Crippen molar-refractivity contribution in [3.05, 3.63) is 29.3 Å². The molecular formula is C14H18ClN3O3. The highest BCUT2D eigenvalue weighted by Gasteiger charge is 2.23. The molecule has 1 aliphatic rings. The maximum Gasteiger partial charge on any atom is 0.325 e. The van der Waals surface area contributed by atoms with Crippen molar-refractivity contribution in [2.45, 2.75) is 13.0 Å². The quantitative estimate of drug-likeness (QED) is 0.890. The third-order valence-corrected chi connectivity index (χ3v) is 3.69. The first kappa shape index (κ1) is 15.4. The molecule has 21 heavy (non-hydrogen) atoms. The summed E-state index contributed by atoms with van der Waals surface area (Å²) >= 11 is 5.97. The van der Waals surface area contributed by atoms with E-state index in [-0.39, 0.29) is 6.03 Å². The monoisotopic (exact) mass is 311 g/mol. The molecular weight excluding hydrogens is 294 g/mol. The van der Waals surface area contributed by atoms with Gasteiger partial charge in [0, 0.05) is 36.9 Å². The lowest BCUT2D eigenvalue weighted by atomic mass is 10.2. The fraction of sp³-hybridized carbons (Fsp3) is 0.429. The Kier molecular flexibility index (Phi) is 4.90. The fourth-order valence-corrected chi connectivity index (χ4v) is 2.36. The van der Waals surface area contributed by atoms with Gasteiger partial charge in [-0.25, -0.2) is 4.79 Å². The molecule has 114 valence electrons. The van der Waals surface area contributed by atoms with Gasteiger partial charge in [0.05, 0.1) is 0 Å². The van der Waals surface area contributed by atoms with Gasteiger partial charge in [-0.3, -0.25) is 4.79 Å². The first-order valence-electron chi connectivity index (χ1n) is 6.76. The molecule has 1 aromatic rings. The van der Waals surface area contributed by atoms with Gasteiger partial charge in [0.15, 0.2) is 0 Å². The van der Waals surface area contributed by atoms with E-state index in [9.17, 15) is 9.59 Å². The van der Waals surface area contributed by atoms with Gasteiger partial charge < -0.3 is 20.2 Å². The number of carboxylic acid groups (broad SMARTS) is 1.